The molecule has 2 fully saturated rings. The molecule has 0 N–H and O–H groups in total. The molecule has 1 aromatic carbocycles. The van der Waals surface area contributed by atoms with Crippen LogP contribution in [0.15, 0.2) is 77.9 Å². The number of allylic oxidation sites excluding steroid dienone is 8. The maximum absolute atomic E-state index is 4.57. The molecular weight excluding hydrogens is 645 g/mol. The Hall–Kier alpha value is -1.68. The zero-order valence-corrected chi connectivity index (χ0v) is 30.2. The van der Waals surface area contributed by atoms with Crippen molar-refractivity contribution in [3.8, 4) is 0 Å². The quantitative estimate of drug-likeness (QED) is 0.125. The van der Waals surface area contributed by atoms with Crippen molar-refractivity contribution in [1.29, 1.82) is 0 Å². The van der Waals surface area contributed by atoms with Crippen LogP contribution in [0.3, 0.4) is 0 Å². The van der Waals surface area contributed by atoms with E-state index >= 15 is 0 Å². The first-order chi connectivity index (χ1) is 21.4. The summed E-state index contributed by atoms with van der Waals surface area (Å²) in [4.78, 5) is 4.57. The average molecular weight is 706 g/mol. The van der Waals surface area contributed by atoms with Gasteiger partial charge in [-0.3, -0.25) is 4.99 Å². The first kappa shape index (κ1) is 35.2. The molecule has 0 aliphatic heterocycles. The second-order valence-corrected chi connectivity index (χ2v) is 15.9. The molecule has 0 amide bonds. The van der Waals surface area contributed by atoms with Crippen molar-refractivity contribution in [1.82, 2.24) is 0 Å². The van der Waals surface area contributed by atoms with Gasteiger partial charge in [-0.2, -0.15) is 0 Å². The molecule has 4 aliphatic rings. The highest BCUT2D eigenvalue weighted by atomic mass is 127. The SMILES string of the molecule is C=CC(=C)/C=C(/C=C1/c2cc(ccc2N=C)C2CCCC(C2)C2CC(CCCCCCCC(C)CCCCC1I)C2)\C=C\C. The van der Waals surface area contributed by atoms with Crippen LogP contribution in [0.2, 0.25) is 0 Å². The van der Waals surface area contributed by atoms with Crippen molar-refractivity contribution in [2.45, 2.75) is 133 Å². The normalized spacial score (nSPS) is 30.8. The molecule has 4 unspecified atom stereocenters. The average Bonchev–Trinajstić information content (AvgIpc) is 3.01. The summed E-state index contributed by atoms with van der Waals surface area (Å²) in [5.41, 5.74) is 7.27. The molecule has 44 heavy (non-hydrogen) atoms. The van der Waals surface area contributed by atoms with Gasteiger partial charge >= 0.3 is 0 Å². The number of nitrogens with zero attached hydrogens (tertiary/aromatic N) is 1. The van der Waals surface area contributed by atoms with Gasteiger partial charge in [0.25, 0.3) is 0 Å². The van der Waals surface area contributed by atoms with E-state index in [1.807, 2.05) is 6.08 Å². The van der Waals surface area contributed by atoms with Crippen molar-refractivity contribution in [2.75, 3.05) is 0 Å². The highest BCUT2D eigenvalue weighted by molar-refractivity contribution is 14.1. The number of benzene rings is 1. The Bertz CT molecular complexity index is 1180. The third-order valence-corrected chi connectivity index (χ3v) is 12.3. The summed E-state index contributed by atoms with van der Waals surface area (Å²) in [7, 11) is 0. The Morgan fingerprint density at radius 3 is 2.30 bits per heavy atom. The maximum Gasteiger partial charge on any atom is 0.0698 e. The lowest BCUT2D eigenvalue weighted by Gasteiger charge is -2.44. The number of alkyl halides is 1. The van der Waals surface area contributed by atoms with Gasteiger partial charge in [0.2, 0.25) is 0 Å². The fourth-order valence-electron chi connectivity index (χ4n) is 8.24. The molecule has 240 valence electrons. The fraction of sp³-hybridized carbons (Fsp3) is 0.595. The molecule has 5 rings (SSSR count). The minimum atomic E-state index is 0.400. The molecule has 0 spiro atoms. The summed E-state index contributed by atoms with van der Waals surface area (Å²) in [5.74, 6) is 4.40. The molecule has 4 atom stereocenters. The van der Waals surface area contributed by atoms with Gasteiger partial charge in [0.05, 0.1) is 5.69 Å². The molecular formula is C42H60IN. The van der Waals surface area contributed by atoms with Crippen LogP contribution in [-0.4, -0.2) is 10.6 Å². The van der Waals surface area contributed by atoms with Crippen LogP contribution in [0.25, 0.3) is 5.57 Å². The Labute approximate surface area is 284 Å². The fourth-order valence-corrected chi connectivity index (χ4v) is 9.19. The summed E-state index contributed by atoms with van der Waals surface area (Å²) in [6.45, 7) is 16.7. The van der Waals surface area contributed by atoms with Crippen LogP contribution in [0.1, 0.15) is 140 Å². The first-order valence-electron chi connectivity index (χ1n) is 18.0. The largest absolute Gasteiger partial charge is 0.264 e. The van der Waals surface area contributed by atoms with Gasteiger partial charge < -0.3 is 0 Å². The molecule has 0 aromatic heterocycles. The lowest BCUT2D eigenvalue weighted by Crippen LogP contribution is -2.32. The van der Waals surface area contributed by atoms with E-state index in [0.29, 0.717) is 9.84 Å². The van der Waals surface area contributed by atoms with Gasteiger partial charge in [0, 0.05) is 9.49 Å². The van der Waals surface area contributed by atoms with Gasteiger partial charge in [0.15, 0.2) is 0 Å². The Morgan fingerprint density at radius 2 is 1.57 bits per heavy atom. The number of aliphatic imine (C=N–C) groups is 1. The zero-order chi connectivity index (χ0) is 31.3. The standard InChI is InChI=1S/C42H60IN/c1-6-16-33(25-31(3)7-2)28-39-40-30-37(23-24-42(40)44-5)35-20-15-21-36(29-35)38-26-34(27-38)19-12-10-8-9-11-17-32(4)18-13-14-22-41(39)43/h6-7,16,23-25,28,30,32,34-36,38,41H,2-3,5,8-15,17-22,26-27,29H2,1,4H3/b16-6+,33-25+,39-28-. The Kier molecular flexibility index (Phi) is 14.8. The van der Waals surface area contributed by atoms with E-state index in [0.717, 1.165) is 40.5 Å². The van der Waals surface area contributed by atoms with Crippen molar-refractivity contribution < 1.29 is 0 Å². The lowest BCUT2D eigenvalue weighted by atomic mass is 9.61. The van der Waals surface area contributed by atoms with Crippen molar-refractivity contribution in [2.24, 2.45) is 28.7 Å². The van der Waals surface area contributed by atoms with Gasteiger partial charge in [-0.1, -0.05) is 150 Å². The molecule has 6 bridgehead atoms. The molecule has 4 aliphatic carbocycles. The van der Waals surface area contributed by atoms with E-state index < -0.39 is 0 Å². The monoisotopic (exact) mass is 705 g/mol. The van der Waals surface area contributed by atoms with Crippen LogP contribution < -0.4 is 0 Å². The molecule has 0 radical (unpaired) electrons. The third-order valence-electron chi connectivity index (χ3n) is 11.0. The minimum absolute atomic E-state index is 0.400. The highest BCUT2D eigenvalue weighted by Gasteiger charge is 2.37. The van der Waals surface area contributed by atoms with Crippen LogP contribution in [0.4, 0.5) is 5.69 Å². The Morgan fingerprint density at radius 1 is 0.864 bits per heavy atom. The number of hydrogen-bond acceptors (Lipinski definition) is 1. The number of rotatable bonds is 5. The lowest BCUT2D eigenvalue weighted by molar-refractivity contribution is 0.0846. The molecule has 0 heterocycles. The van der Waals surface area contributed by atoms with Crippen LogP contribution in [0, 0.1) is 23.7 Å². The second kappa shape index (κ2) is 18.5. The van der Waals surface area contributed by atoms with Crippen molar-refractivity contribution in [3.05, 3.63) is 84.0 Å². The Balaban J connectivity index is 1.65. The summed E-state index contributed by atoms with van der Waals surface area (Å²) < 4.78 is 0.400. The summed E-state index contributed by atoms with van der Waals surface area (Å²) >= 11 is 2.71. The molecule has 2 heteroatoms. The summed E-state index contributed by atoms with van der Waals surface area (Å²) in [5, 5.41) is 0. The van der Waals surface area contributed by atoms with Crippen LogP contribution in [-0.2, 0) is 0 Å². The molecule has 1 nitrogen and oxygen atoms in total. The van der Waals surface area contributed by atoms with Crippen LogP contribution in [0.5, 0.6) is 0 Å². The molecule has 1 aromatic rings. The summed E-state index contributed by atoms with van der Waals surface area (Å²) in [6.07, 6.45) is 34.4. The van der Waals surface area contributed by atoms with Crippen LogP contribution >= 0.6 is 22.6 Å². The minimum Gasteiger partial charge on any atom is -0.264 e. The van der Waals surface area contributed by atoms with E-state index in [1.165, 1.54) is 126 Å². The van der Waals surface area contributed by atoms with Crippen molar-refractivity contribution >= 4 is 40.6 Å². The predicted octanol–water partition coefficient (Wildman–Crippen LogP) is 13.7. The van der Waals surface area contributed by atoms with E-state index in [-0.39, 0.29) is 0 Å². The first-order valence-corrected chi connectivity index (χ1v) is 19.3. The van der Waals surface area contributed by atoms with Gasteiger partial charge in [0.1, 0.15) is 0 Å². The number of hydrogen-bond donors (Lipinski definition) is 0. The van der Waals surface area contributed by atoms with Gasteiger partial charge in [-0.25, -0.2) is 0 Å². The topological polar surface area (TPSA) is 12.4 Å². The van der Waals surface area contributed by atoms with E-state index in [2.05, 4.69) is 104 Å². The highest BCUT2D eigenvalue weighted by Crippen LogP contribution is 2.50. The maximum atomic E-state index is 4.57. The van der Waals surface area contributed by atoms with E-state index in [1.54, 1.807) is 0 Å². The van der Waals surface area contributed by atoms with E-state index in [9.17, 15) is 0 Å². The third kappa shape index (κ3) is 10.4. The summed E-state index contributed by atoms with van der Waals surface area (Å²) in [6, 6.07) is 7.13. The molecule has 2 saturated carbocycles. The number of halogens is 1. The van der Waals surface area contributed by atoms with Gasteiger partial charge in [-0.15, -0.1) is 0 Å². The van der Waals surface area contributed by atoms with E-state index in [4.69, 9.17) is 0 Å². The second-order valence-electron chi connectivity index (χ2n) is 14.4. The zero-order valence-electron chi connectivity index (χ0n) is 28.1. The smallest absolute Gasteiger partial charge is 0.0698 e. The molecule has 0 saturated heterocycles. The van der Waals surface area contributed by atoms with Gasteiger partial charge in [-0.05, 0) is 116 Å². The number of fused-ring (bicyclic) bond motifs is 13. The van der Waals surface area contributed by atoms with Crippen molar-refractivity contribution in [3.63, 3.8) is 0 Å². The predicted molar refractivity (Wildman–Crippen MR) is 205 cm³/mol.